The molecule has 0 aliphatic carbocycles. The monoisotopic (exact) mass is 363 g/mol. The van der Waals surface area contributed by atoms with Crippen LogP contribution in [0, 0.1) is 0 Å². The second-order valence-corrected chi connectivity index (χ2v) is 7.65. The molecule has 7 heteroatoms. The van der Waals surface area contributed by atoms with Crippen molar-refractivity contribution in [1.29, 1.82) is 0 Å². The zero-order chi connectivity index (χ0) is 19.8. The topological polar surface area (TPSA) is 125 Å². The van der Waals surface area contributed by atoms with Crippen LogP contribution in [0.2, 0.25) is 0 Å². The zero-order valence-electron chi connectivity index (χ0n) is 15.0. The van der Waals surface area contributed by atoms with Gasteiger partial charge in [-0.05, 0) is 20.8 Å². The molecule has 4 rings (SSSR count). The molecule has 4 N–H and O–H groups in total. The van der Waals surface area contributed by atoms with Crippen LogP contribution in [0.5, 0.6) is 0 Å². The van der Waals surface area contributed by atoms with Crippen molar-refractivity contribution in [2.45, 2.75) is 26.3 Å². The fourth-order valence-electron chi connectivity index (χ4n) is 3.78. The normalized spacial score (nSPS) is 12.4. The summed E-state index contributed by atoms with van der Waals surface area (Å²) < 4.78 is 1.05. The molecule has 0 saturated carbocycles. The van der Waals surface area contributed by atoms with Gasteiger partial charge >= 0.3 is 0 Å². The molecule has 0 fully saturated rings. The third-order valence-corrected chi connectivity index (χ3v) is 4.95. The molecule has 0 aliphatic rings. The average Bonchev–Trinajstić information content (AvgIpc) is 2.87. The summed E-state index contributed by atoms with van der Waals surface area (Å²) in [6.07, 6.45) is 0. The van der Waals surface area contributed by atoms with Gasteiger partial charge in [0.2, 0.25) is 0 Å². The van der Waals surface area contributed by atoms with E-state index in [-0.39, 0.29) is 43.7 Å². The maximum atomic E-state index is 13.0. The first kappa shape index (κ1) is 17.0. The van der Waals surface area contributed by atoms with E-state index in [4.69, 9.17) is 11.5 Å². The Morgan fingerprint density at radius 2 is 1.07 bits per heavy atom. The lowest BCUT2D eigenvalue weighted by molar-refractivity contribution is 0.380. The van der Waals surface area contributed by atoms with E-state index < -0.39 is 27.5 Å². The van der Waals surface area contributed by atoms with Crippen LogP contribution < -0.4 is 33.4 Å². The van der Waals surface area contributed by atoms with Gasteiger partial charge in [0, 0.05) is 16.3 Å². The van der Waals surface area contributed by atoms with Crippen molar-refractivity contribution in [3.63, 3.8) is 0 Å². The number of hydrogen-bond donors (Lipinski definition) is 2. The highest BCUT2D eigenvalue weighted by atomic mass is 16.2. The SMILES string of the molecule is CC(C)(C)n1c(=O)c2c(N)c3c(=O)c4ccccc4c(=O)c3c(N)c2c1=O. The Hall–Kier alpha value is -3.48. The van der Waals surface area contributed by atoms with Crippen LogP contribution in [0.4, 0.5) is 11.4 Å². The molecule has 0 saturated heterocycles. The molecular formula is C20H17N3O4. The molecule has 3 aromatic carbocycles. The first-order valence-electron chi connectivity index (χ1n) is 8.39. The van der Waals surface area contributed by atoms with E-state index in [2.05, 4.69) is 0 Å². The first-order chi connectivity index (χ1) is 12.6. The molecule has 0 atom stereocenters. The number of nitrogens with two attached hydrogens (primary N) is 2. The molecule has 27 heavy (non-hydrogen) atoms. The minimum Gasteiger partial charge on any atom is -0.397 e. The van der Waals surface area contributed by atoms with E-state index in [0.717, 1.165) is 4.57 Å². The van der Waals surface area contributed by atoms with Gasteiger partial charge in [-0.1, -0.05) is 24.3 Å². The standard InChI is InChI=1S/C20H17N3O4/c1-20(2,3)23-18(26)12-13(19(23)27)15(22)11-10(14(12)21)16(24)8-6-4-5-7-9(8)17(11)25/h4-7H,21-22H2,1-3H3. The van der Waals surface area contributed by atoms with E-state index in [1.807, 2.05) is 0 Å². The van der Waals surface area contributed by atoms with E-state index in [1.165, 1.54) is 12.1 Å². The highest BCUT2D eigenvalue weighted by molar-refractivity contribution is 6.20. The predicted molar refractivity (Wildman–Crippen MR) is 108 cm³/mol. The van der Waals surface area contributed by atoms with Crippen molar-refractivity contribution in [3.8, 4) is 0 Å². The first-order valence-corrected chi connectivity index (χ1v) is 8.39. The summed E-state index contributed by atoms with van der Waals surface area (Å²) in [4.78, 5) is 51.8. The van der Waals surface area contributed by atoms with Gasteiger partial charge in [-0.25, -0.2) is 0 Å². The van der Waals surface area contributed by atoms with Gasteiger partial charge in [0.1, 0.15) is 0 Å². The third-order valence-electron chi connectivity index (χ3n) is 4.95. The molecule has 4 aromatic rings. The third kappa shape index (κ3) is 1.96. The lowest BCUT2D eigenvalue weighted by Gasteiger charge is -2.18. The van der Waals surface area contributed by atoms with Gasteiger partial charge < -0.3 is 11.5 Å². The van der Waals surface area contributed by atoms with E-state index in [1.54, 1.807) is 32.9 Å². The number of nitrogens with zero attached hydrogens (tertiary/aromatic N) is 1. The lowest BCUT2D eigenvalue weighted by Crippen LogP contribution is -2.38. The van der Waals surface area contributed by atoms with E-state index in [9.17, 15) is 19.2 Å². The van der Waals surface area contributed by atoms with Gasteiger partial charge in [-0.15, -0.1) is 0 Å². The Balaban J connectivity index is 2.47. The summed E-state index contributed by atoms with van der Waals surface area (Å²) in [5.74, 6) is 0. The minimum absolute atomic E-state index is 0.105. The number of benzene rings is 3. The summed E-state index contributed by atoms with van der Waals surface area (Å²) in [7, 11) is 0. The summed E-state index contributed by atoms with van der Waals surface area (Å²) >= 11 is 0. The fraction of sp³-hybridized carbons (Fsp3) is 0.200. The quantitative estimate of drug-likeness (QED) is 0.275. The van der Waals surface area contributed by atoms with Gasteiger partial charge in [0.15, 0.2) is 10.9 Å². The number of rotatable bonds is 0. The summed E-state index contributed by atoms with van der Waals surface area (Å²) in [5.41, 5.74) is 8.96. The maximum absolute atomic E-state index is 13.0. The lowest BCUT2D eigenvalue weighted by atomic mass is 9.97. The molecule has 1 aromatic heterocycles. The average molecular weight is 363 g/mol. The molecule has 0 radical (unpaired) electrons. The molecule has 0 amide bonds. The molecule has 0 bridgehead atoms. The van der Waals surface area contributed by atoms with Crippen molar-refractivity contribution in [2.24, 2.45) is 0 Å². The van der Waals surface area contributed by atoms with Crippen LogP contribution in [-0.4, -0.2) is 4.57 Å². The highest BCUT2D eigenvalue weighted by Gasteiger charge is 2.28. The van der Waals surface area contributed by atoms with Crippen LogP contribution in [0.1, 0.15) is 20.8 Å². The predicted octanol–water partition coefficient (Wildman–Crippen LogP) is 1.18. The van der Waals surface area contributed by atoms with Crippen molar-refractivity contribution in [2.75, 3.05) is 11.5 Å². The second kappa shape index (κ2) is 5.03. The summed E-state index contributed by atoms with van der Waals surface area (Å²) in [5, 5.41) is -0.0202. The Bertz CT molecular complexity index is 1390. The number of nitrogen functional groups attached to an aromatic ring is 2. The molecule has 0 spiro atoms. The van der Waals surface area contributed by atoms with Gasteiger partial charge in [0.25, 0.3) is 11.1 Å². The van der Waals surface area contributed by atoms with Crippen molar-refractivity contribution in [1.82, 2.24) is 4.57 Å². The van der Waals surface area contributed by atoms with Crippen molar-refractivity contribution >= 4 is 43.7 Å². The van der Waals surface area contributed by atoms with E-state index in [0.29, 0.717) is 0 Å². The second-order valence-electron chi connectivity index (χ2n) is 7.65. The number of hydrogen-bond acceptors (Lipinski definition) is 6. The number of anilines is 2. The zero-order valence-corrected chi connectivity index (χ0v) is 15.0. The van der Waals surface area contributed by atoms with Crippen LogP contribution in [0.3, 0.4) is 0 Å². The van der Waals surface area contributed by atoms with Crippen LogP contribution in [-0.2, 0) is 5.54 Å². The van der Waals surface area contributed by atoms with Crippen molar-refractivity contribution < 1.29 is 0 Å². The van der Waals surface area contributed by atoms with Crippen LogP contribution in [0.15, 0.2) is 43.4 Å². The van der Waals surface area contributed by atoms with Gasteiger partial charge in [-0.2, -0.15) is 0 Å². The Morgan fingerprint density at radius 3 is 1.41 bits per heavy atom. The molecule has 1 heterocycles. The Kier molecular flexibility index (Phi) is 3.16. The fourth-order valence-corrected chi connectivity index (χ4v) is 3.78. The van der Waals surface area contributed by atoms with E-state index >= 15 is 0 Å². The Morgan fingerprint density at radius 1 is 0.704 bits per heavy atom. The molecule has 136 valence electrons. The summed E-state index contributed by atoms with van der Waals surface area (Å²) in [6, 6.07) is 6.32. The molecule has 0 aliphatic heterocycles. The largest absolute Gasteiger partial charge is 0.397 e. The smallest absolute Gasteiger partial charge is 0.264 e. The van der Waals surface area contributed by atoms with Crippen LogP contribution >= 0.6 is 0 Å². The Labute approximate surface area is 152 Å². The number of fused-ring (bicyclic) bond motifs is 3. The van der Waals surface area contributed by atoms with Gasteiger partial charge in [-0.3, -0.25) is 23.7 Å². The highest BCUT2D eigenvalue weighted by Crippen LogP contribution is 2.32. The van der Waals surface area contributed by atoms with Crippen molar-refractivity contribution in [3.05, 3.63) is 65.4 Å². The minimum atomic E-state index is -0.816. The number of aromatic nitrogens is 1. The van der Waals surface area contributed by atoms with Crippen LogP contribution in [0.25, 0.3) is 32.3 Å². The molecular weight excluding hydrogens is 346 g/mol. The molecule has 7 nitrogen and oxygen atoms in total. The van der Waals surface area contributed by atoms with Gasteiger partial charge in [0.05, 0.1) is 32.9 Å². The molecule has 0 unspecified atom stereocenters. The summed E-state index contributed by atoms with van der Waals surface area (Å²) in [6.45, 7) is 5.10. The maximum Gasteiger partial charge on any atom is 0.264 e.